The van der Waals surface area contributed by atoms with Crippen molar-refractivity contribution in [2.24, 2.45) is 0 Å². The van der Waals surface area contributed by atoms with Gasteiger partial charge >= 0.3 is 6.18 Å². The summed E-state index contributed by atoms with van der Waals surface area (Å²) in [4.78, 5) is 23.9. The normalized spacial score (nSPS) is 11.5. The third kappa shape index (κ3) is 3.79. The van der Waals surface area contributed by atoms with Gasteiger partial charge in [0.2, 0.25) is 0 Å². The summed E-state index contributed by atoms with van der Waals surface area (Å²) in [6.45, 7) is 1.79. The molecule has 10 heteroatoms. The summed E-state index contributed by atoms with van der Waals surface area (Å²) in [5.74, 6) is -0.856. The molecule has 3 aromatic rings. The van der Waals surface area contributed by atoms with Crippen LogP contribution in [-0.4, -0.2) is 26.8 Å². The number of hydrogen-bond acceptors (Lipinski definition) is 3. The standard InChI is InChI=1S/C18H14ClF3N4O2/c1-2-23-17(28)14-10-24-26(16(14)18(20,21)22)13-5-3-12(4-6-13)25-8-7-11(19)9-15(25)27/h3-10H,2H2,1H3,(H,23,28). The van der Waals surface area contributed by atoms with E-state index >= 15 is 0 Å². The number of benzene rings is 1. The van der Waals surface area contributed by atoms with E-state index in [9.17, 15) is 22.8 Å². The van der Waals surface area contributed by atoms with Gasteiger partial charge in [-0.2, -0.15) is 18.3 Å². The molecule has 0 unspecified atom stereocenters. The number of aromatic nitrogens is 3. The molecule has 0 atom stereocenters. The smallest absolute Gasteiger partial charge is 0.352 e. The van der Waals surface area contributed by atoms with Gasteiger partial charge in [-0.1, -0.05) is 11.6 Å². The highest BCUT2D eigenvalue weighted by atomic mass is 35.5. The van der Waals surface area contributed by atoms with Crippen molar-refractivity contribution < 1.29 is 18.0 Å². The summed E-state index contributed by atoms with van der Waals surface area (Å²) >= 11 is 5.76. The minimum atomic E-state index is -4.79. The molecule has 6 nitrogen and oxygen atoms in total. The Morgan fingerprint density at radius 1 is 1.18 bits per heavy atom. The maximum Gasteiger partial charge on any atom is 0.434 e. The number of hydrogen-bond donors (Lipinski definition) is 1. The van der Waals surface area contributed by atoms with E-state index in [1.165, 1.54) is 47.2 Å². The molecule has 2 heterocycles. The topological polar surface area (TPSA) is 68.9 Å². The van der Waals surface area contributed by atoms with E-state index in [0.29, 0.717) is 10.4 Å². The van der Waals surface area contributed by atoms with Crippen LogP contribution < -0.4 is 10.9 Å². The minimum absolute atomic E-state index is 0.0913. The predicted octanol–water partition coefficient (Wildman–Crippen LogP) is 3.45. The summed E-state index contributed by atoms with van der Waals surface area (Å²) in [7, 11) is 0. The number of alkyl halides is 3. The van der Waals surface area contributed by atoms with Crippen LogP contribution in [0.1, 0.15) is 23.0 Å². The van der Waals surface area contributed by atoms with Crippen LogP contribution in [-0.2, 0) is 6.18 Å². The molecule has 0 fully saturated rings. The number of carbonyl (C=O) groups is 1. The lowest BCUT2D eigenvalue weighted by atomic mass is 10.2. The lowest BCUT2D eigenvalue weighted by molar-refractivity contribution is -0.143. The van der Waals surface area contributed by atoms with Crippen LogP contribution in [0.5, 0.6) is 0 Å². The quantitative estimate of drug-likeness (QED) is 0.716. The first kappa shape index (κ1) is 19.7. The monoisotopic (exact) mass is 410 g/mol. The maximum absolute atomic E-state index is 13.6. The molecule has 2 aromatic heterocycles. The first-order valence-electron chi connectivity index (χ1n) is 8.15. The van der Waals surface area contributed by atoms with Crippen molar-refractivity contribution in [2.45, 2.75) is 13.1 Å². The Morgan fingerprint density at radius 2 is 1.82 bits per heavy atom. The molecule has 146 valence electrons. The van der Waals surface area contributed by atoms with Crippen molar-refractivity contribution >= 4 is 17.5 Å². The van der Waals surface area contributed by atoms with Gasteiger partial charge in [0, 0.05) is 29.5 Å². The molecule has 0 aliphatic carbocycles. The largest absolute Gasteiger partial charge is 0.434 e. The third-order valence-electron chi connectivity index (χ3n) is 3.87. The van der Waals surface area contributed by atoms with Crippen LogP contribution >= 0.6 is 11.6 Å². The first-order valence-corrected chi connectivity index (χ1v) is 8.52. The van der Waals surface area contributed by atoms with Crippen LogP contribution in [0.2, 0.25) is 5.02 Å². The number of nitrogens with zero attached hydrogens (tertiary/aromatic N) is 3. The van der Waals surface area contributed by atoms with Crippen molar-refractivity contribution in [1.82, 2.24) is 19.7 Å². The van der Waals surface area contributed by atoms with Gasteiger partial charge in [-0.3, -0.25) is 14.2 Å². The van der Waals surface area contributed by atoms with Gasteiger partial charge in [0.25, 0.3) is 11.5 Å². The number of nitrogens with one attached hydrogen (secondary N) is 1. The van der Waals surface area contributed by atoms with Gasteiger partial charge in [-0.05, 0) is 37.3 Å². The summed E-state index contributed by atoms with van der Waals surface area (Å²) in [6.07, 6.45) is -2.45. The molecule has 0 saturated heterocycles. The third-order valence-corrected chi connectivity index (χ3v) is 4.11. The van der Waals surface area contributed by atoms with E-state index in [0.717, 1.165) is 6.20 Å². The van der Waals surface area contributed by atoms with Crippen molar-refractivity contribution in [2.75, 3.05) is 6.54 Å². The van der Waals surface area contributed by atoms with E-state index in [2.05, 4.69) is 10.4 Å². The molecule has 28 heavy (non-hydrogen) atoms. The predicted molar refractivity (Wildman–Crippen MR) is 97.2 cm³/mol. The Balaban J connectivity index is 2.05. The summed E-state index contributed by atoms with van der Waals surface area (Å²) in [6, 6.07) is 8.44. The molecule has 0 radical (unpaired) electrons. The summed E-state index contributed by atoms with van der Waals surface area (Å²) in [5, 5.41) is 6.36. The minimum Gasteiger partial charge on any atom is -0.352 e. The van der Waals surface area contributed by atoms with E-state index in [4.69, 9.17) is 11.6 Å². The van der Waals surface area contributed by atoms with Crippen molar-refractivity contribution in [1.29, 1.82) is 0 Å². The number of pyridine rings is 1. The van der Waals surface area contributed by atoms with Crippen molar-refractivity contribution in [3.05, 3.63) is 75.4 Å². The van der Waals surface area contributed by atoms with Gasteiger partial charge in [0.05, 0.1) is 17.4 Å². The number of amides is 1. The van der Waals surface area contributed by atoms with Crippen molar-refractivity contribution in [3.63, 3.8) is 0 Å². The Morgan fingerprint density at radius 3 is 2.39 bits per heavy atom. The lowest BCUT2D eigenvalue weighted by Crippen LogP contribution is -2.26. The van der Waals surface area contributed by atoms with Crippen LogP contribution in [0, 0.1) is 0 Å². The fourth-order valence-corrected chi connectivity index (χ4v) is 2.81. The van der Waals surface area contributed by atoms with E-state index in [-0.39, 0.29) is 22.8 Å². The average molecular weight is 411 g/mol. The van der Waals surface area contributed by atoms with Gasteiger partial charge in [-0.25, -0.2) is 4.68 Å². The number of halogens is 4. The van der Waals surface area contributed by atoms with Crippen molar-refractivity contribution in [3.8, 4) is 11.4 Å². The maximum atomic E-state index is 13.6. The van der Waals surface area contributed by atoms with Crippen LogP contribution in [0.15, 0.2) is 53.6 Å². The second kappa shape index (κ2) is 7.51. The lowest BCUT2D eigenvalue weighted by Gasteiger charge is -2.13. The molecule has 1 aromatic carbocycles. The molecule has 3 rings (SSSR count). The second-order valence-corrected chi connectivity index (χ2v) is 6.18. The van der Waals surface area contributed by atoms with Crippen LogP contribution in [0.4, 0.5) is 13.2 Å². The van der Waals surface area contributed by atoms with E-state index in [1.54, 1.807) is 6.92 Å². The van der Waals surface area contributed by atoms with E-state index < -0.39 is 23.3 Å². The van der Waals surface area contributed by atoms with Gasteiger partial charge in [-0.15, -0.1) is 0 Å². The Bertz CT molecular complexity index is 1070. The fourth-order valence-electron chi connectivity index (χ4n) is 2.66. The highest BCUT2D eigenvalue weighted by Crippen LogP contribution is 2.33. The Labute approximate surface area is 162 Å². The van der Waals surface area contributed by atoms with Gasteiger partial charge in [0.1, 0.15) is 0 Å². The van der Waals surface area contributed by atoms with Crippen LogP contribution in [0.25, 0.3) is 11.4 Å². The summed E-state index contributed by atoms with van der Waals surface area (Å²) in [5.41, 5.74) is -1.58. The zero-order valence-corrected chi connectivity index (χ0v) is 15.3. The molecule has 0 saturated carbocycles. The Kier molecular flexibility index (Phi) is 5.28. The molecule has 1 amide bonds. The van der Waals surface area contributed by atoms with Gasteiger partial charge in [0.15, 0.2) is 5.69 Å². The number of carbonyl (C=O) groups excluding carboxylic acids is 1. The zero-order chi connectivity index (χ0) is 20.5. The summed E-state index contributed by atoms with van der Waals surface area (Å²) < 4.78 is 42.6. The molecule has 0 bridgehead atoms. The molecule has 1 N–H and O–H groups in total. The zero-order valence-electron chi connectivity index (χ0n) is 14.5. The average Bonchev–Trinajstić information content (AvgIpc) is 3.08. The fraction of sp³-hybridized carbons (Fsp3) is 0.167. The SMILES string of the molecule is CCNC(=O)c1cnn(-c2ccc(-n3ccc(Cl)cc3=O)cc2)c1C(F)(F)F. The highest BCUT2D eigenvalue weighted by molar-refractivity contribution is 6.30. The molecule has 0 spiro atoms. The first-order chi connectivity index (χ1) is 13.2. The van der Waals surface area contributed by atoms with Gasteiger partial charge < -0.3 is 5.32 Å². The molecular formula is C18H14ClF3N4O2. The van der Waals surface area contributed by atoms with Crippen LogP contribution in [0.3, 0.4) is 0 Å². The molecule has 0 aliphatic rings. The number of rotatable bonds is 4. The highest BCUT2D eigenvalue weighted by Gasteiger charge is 2.40. The Hall–Kier alpha value is -3.07. The molecule has 0 aliphatic heterocycles. The second-order valence-electron chi connectivity index (χ2n) is 5.75. The van der Waals surface area contributed by atoms with E-state index in [1.807, 2.05) is 0 Å². The molecular weight excluding hydrogens is 397 g/mol.